The number of hydrogen-bond acceptors (Lipinski definition) is 3. The van der Waals surface area contributed by atoms with Crippen molar-refractivity contribution in [2.45, 2.75) is 25.9 Å². The van der Waals surface area contributed by atoms with Gasteiger partial charge in [-0.3, -0.25) is 9.69 Å². The van der Waals surface area contributed by atoms with E-state index >= 15 is 0 Å². The number of amides is 3. The summed E-state index contributed by atoms with van der Waals surface area (Å²) in [7, 11) is 0. The van der Waals surface area contributed by atoms with Crippen molar-refractivity contribution < 1.29 is 9.59 Å². The molecule has 1 rings (SSSR count). The maximum atomic E-state index is 11.2. The van der Waals surface area contributed by atoms with Crippen LogP contribution in [0.4, 0.5) is 4.79 Å². The predicted molar refractivity (Wildman–Crippen MR) is 43.1 cm³/mol. The van der Waals surface area contributed by atoms with Crippen molar-refractivity contribution in [3.63, 3.8) is 0 Å². The van der Waals surface area contributed by atoms with Crippen LogP contribution in [0.15, 0.2) is 0 Å². The zero-order valence-corrected chi connectivity index (χ0v) is 7.04. The van der Waals surface area contributed by atoms with E-state index < -0.39 is 6.17 Å². The Kier molecular flexibility index (Phi) is 2.65. The fraction of sp³-hybridized carbons (Fsp3) is 0.714. The lowest BCUT2D eigenvalue weighted by molar-refractivity contribution is -0.125. The second-order valence-electron chi connectivity index (χ2n) is 2.89. The van der Waals surface area contributed by atoms with Crippen molar-refractivity contribution in [2.75, 3.05) is 6.54 Å². The lowest BCUT2D eigenvalue weighted by Crippen LogP contribution is -2.47. The molecule has 0 aromatic heterocycles. The van der Waals surface area contributed by atoms with Crippen molar-refractivity contribution in [3.8, 4) is 0 Å². The van der Waals surface area contributed by atoms with E-state index in [2.05, 4.69) is 5.32 Å². The average molecular weight is 171 g/mol. The SMILES string of the molecule is CC(N)NC(=O)N1CCCC1=O. The van der Waals surface area contributed by atoms with E-state index in [9.17, 15) is 9.59 Å². The number of urea groups is 1. The van der Waals surface area contributed by atoms with E-state index in [1.165, 1.54) is 4.90 Å². The van der Waals surface area contributed by atoms with Gasteiger partial charge >= 0.3 is 6.03 Å². The first-order valence-corrected chi connectivity index (χ1v) is 3.97. The molecular formula is C7H13N3O2. The minimum absolute atomic E-state index is 0.117. The molecule has 3 amide bonds. The lowest BCUT2D eigenvalue weighted by Gasteiger charge is -2.16. The summed E-state index contributed by atoms with van der Waals surface area (Å²) < 4.78 is 0. The van der Waals surface area contributed by atoms with Gasteiger partial charge in [-0.25, -0.2) is 4.79 Å². The van der Waals surface area contributed by atoms with Gasteiger partial charge in [-0.1, -0.05) is 0 Å². The molecule has 0 aromatic carbocycles. The van der Waals surface area contributed by atoms with Gasteiger partial charge in [-0.05, 0) is 13.3 Å². The Morgan fingerprint density at radius 3 is 2.83 bits per heavy atom. The Hall–Kier alpha value is -1.10. The third-order valence-electron chi connectivity index (χ3n) is 1.67. The summed E-state index contributed by atoms with van der Waals surface area (Å²) in [5.74, 6) is -0.117. The van der Waals surface area contributed by atoms with Crippen LogP contribution in [0.3, 0.4) is 0 Å². The smallest absolute Gasteiger partial charge is 0.323 e. The molecular weight excluding hydrogens is 158 g/mol. The van der Waals surface area contributed by atoms with Gasteiger partial charge in [-0.15, -0.1) is 0 Å². The highest BCUT2D eigenvalue weighted by Gasteiger charge is 2.26. The van der Waals surface area contributed by atoms with Gasteiger partial charge < -0.3 is 11.1 Å². The number of imide groups is 1. The Bertz CT molecular complexity index is 203. The molecule has 0 bridgehead atoms. The molecule has 1 aliphatic rings. The minimum atomic E-state index is -0.411. The molecule has 0 saturated carbocycles. The van der Waals surface area contributed by atoms with E-state index in [1.807, 2.05) is 0 Å². The third-order valence-corrected chi connectivity index (χ3v) is 1.67. The topological polar surface area (TPSA) is 75.4 Å². The van der Waals surface area contributed by atoms with Gasteiger partial charge in [0, 0.05) is 13.0 Å². The molecule has 1 unspecified atom stereocenters. The number of nitrogens with two attached hydrogens (primary N) is 1. The van der Waals surface area contributed by atoms with Crippen LogP contribution < -0.4 is 11.1 Å². The highest BCUT2D eigenvalue weighted by molar-refractivity contribution is 5.95. The number of nitrogens with one attached hydrogen (secondary N) is 1. The molecule has 0 spiro atoms. The molecule has 5 nitrogen and oxygen atoms in total. The van der Waals surface area contributed by atoms with Crippen LogP contribution in [0.5, 0.6) is 0 Å². The molecule has 5 heteroatoms. The molecule has 1 aliphatic heterocycles. The van der Waals surface area contributed by atoms with Crippen LogP contribution >= 0.6 is 0 Å². The van der Waals surface area contributed by atoms with Crippen LogP contribution in [-0.2, 0) is 4.79 Å². The van der Waals surface area contributed by atoms with Gasteiger partial charge in [-0.2, -0.15) is 0 Å². The first kappa shape index (κ1) is 8.99. The van der Waals surface area contributed by atoms with Crippen LogP contribution in [0, 0.1) is 0 Å². The quantitative estimate of drug-likeness (QED) is 0.528. The predicted octanol–water partition coefficient (Wildman–Crippen LogP) is -0.377. The second kappa shape index (κ2) is 3.53. The molecule has 3 N–H and O–H groups in total. The monoisotopic (exact) mass is 171 g/mol. The zero-order chi connectivity index (χ0) is 9.14. The number of carbonyl (C=O) groups is 2. The zero-order valence-electron chi connectivity index (χ0n) is 7.04. The van der Waals surface area contributed by atoms with Gasteiger partial charge in [0.25, 0.3) is 0 Å². The summed E-state index contributed by atoms with van der Waals surface area (Å²) in [4.78, 5) is 23.4. The summed E-state index contributed by atoms with van der Waals surface area (Å²) in [6.45, 7) is 2.16. The molecule has 0 aliphatic carbocycles. The number of nitrogens with zero attached hydrogens (tertiary/aromatic N) is 1. The minimum Gasteiger partial charge on any atom is -0.323 e. The summed E-state index contributed by atoms with van der Waals surface area (Å²) in [5, 5.41) is 2.46. The maximum Gasteiger partial charge on any atom is 0.325 e. The van der Waals surface area contributed by atoms with E-state index in [0.717, 1.165) is 6.42 Å². The number of likely N-dealkylation sites (tertiary alicyclic amines) is 1. The van der Waals surface area contributed by atoms with Crippen molar-refractivity contribution >= 4 is 11.9 Å². The van der Waals surface area contributed by atoms with Crippen molar-refractivity contribution in [2.24, 2.45) is 5.73 Å². The van der Waals surface area contributed by atoms with Crippen molar-refractivity contribution in [1.82, 2.24) is 10.2 Å². The normalized spacial score (nSPS) is 19.5. The highest BCUT2D eigenvalue weighted by Crippen LogP contribution is 2.08. The van der Waals surface area contributed by atoms with E-state index in [0.29, 0.717) is 13.0 Å². The Labute approximate surface area is 70.9 Å². The summed E-state index contributed by atoms with van der Waals surface area (Å²) in [6.07, 6.45) is 0.809. The van der Waals surface area contributed by atoms with Gasteiger partial charge in [0.15, 0.2) is 0 Å². The highest BCUT2D eigenvalue weighted by atomic mass is 16.2. The fourth-order valence-corrected chi connectivity index (χ4v) is 1.14. The average Bonchev–Trinajstić information content (AvgIpc) is 2.33. The van der Waals surface area contributed by atoms with Gasteiger partial charge in [0.1, 0.15) is 0 Å². The van der Waals surface area contributed by atoms with E-state index in [1.54, 1.807) is 6.92 Å². The first-order chi connectivity index (χ1) is 5.61. The van der Waals surface area contributed by atoms with E-state index in [4.69, 9.17) is 5.73 Å². The molecule has 0 aromatic rings. The maximum absolute atomic E-state index is 11.2. The molecule has 1 saturated heterocycles. The molecule has 1 heterocycles. The first-order valence-electron chi connectivity index (χ1n) is 3.97. The van der Waals surface area contributed by atoms with Gasteiger partial charge in [0.05, 0.1) is 6.17 Å². The number of hydrogen-bond donors (Lipinski definition) is 2. The third kappa shape index (κ3) is 1.94. The van der Waals surface area contributed by atoms with Gasteiger partial charge in [0.2, 0.25) is 5.91 Å². The molecule has 12 heavy (non-hydrogen) atoms. The number of carbonyl (C=O) groups excluding carboxylic acids is 2. The standard InChI is InChI=1S/C7H13N3O2/c1-5(8)9-7(12)10-4-2-3-6(10)11/h5H,2-4,8H2,1H3,(H,9,12). The van der Waals surface area contributed by atoms with Crippen LogP contribution in [0.1, 0.15) is 19.8 Å². The Morgan fingerprint density at radius 1 is 1.75 bits per heavy atom. The van der Waals surface area contributed by atoms with Crippen LogP contribution in [-0.4, -0.2) is 29.5 Å². The molecule has 1 atom stereocenters. The molecule has 0 radical (unpaired) electrons. The van der Waals surface area contributed by atoms with E-state index in [-0.39, 0.29) is 11.9 Å². The van der Waals surface area contributed by atoms with Crippen molar-refractivity contribution in [3.05, 3.63) is 0 Å². The Balaban J connectivity index is 2.46. The summed E-state index contributed by atoms with van der Waals surface area (Å²) >= 11 is 0. The largest absolute Gasteiger partial charge is 0.325 e. The Morgan fingerprint density at radius 2 is 2.42 bits per heavy atom. The van der Waals surface area contributed by atoms with Crippen LogP contribution in [0.25, 0.3) is 0 Å². The summed E-state index contributed by atoms with van der Waals surface area (Å²) in [6, 6.07) is -0.382. The van der Waals surface area contributed by atoms with Crippen LogP contribution in [0.2, 0.25) is 0 Å². The number of rotatable bonds is 1. The molecule has 68 valence electrons. The van der Waals surface area contributed by atoms with Crippen molar-refractivity contribution in [1.29, 1.82) is 0 Å². The fourth-order valence-electron chi connectivity index (χ4n) is 1.14. The second-order valence-corrected chi connectivity index (χ2v) is 2.89. The molecule has 1 fully saturated rings. The summed E-state index contributed by atoms with van der Waals surface area (Å²) in [5.41, 5.74) is 5.34. The lowest BCUT2D eigenvalue weighted by atomic mass is 10.4.